The maximum Gasteiger partial charge on any atom is 0.408 e. The van der Waals surface area contributed by atoms with Crippen LogP contribution in [0.1, 0.15) is 92.7 Å². The van der Waals surface area contributed by atoms with Gasteiger partial charge in [0.1, 0.15) is 12.1 Å². The van der Waals surface area contributed by atoms with Gasteiger partial charge in [-0.3, -0.25) is 19.2 Å². The highest BCUT2D eigenvalue weighted by atomic mass is 16.6. The summed E-state index contributed by atoms with van der Waals surface area (Å²) in [5.41, 5.74) is 0.780. The highest BCUT2D eigenvalue weighted by molar-refractivity contribution is 6.38. The van der Waals surface area contributed by atoms with Gasteiger partial charge >= 0.3 is 6.09 Å². The first-order valence-electron chi connectivity index (χ1n) is 15.7. The number of Topliss-reactive ketones (excluding diaryl/α,β-unsaturated/α-hetero) is 1. The van der Waals surface area contributed by atoms with Gasteiger partial charge in [-0.2, -0.15) is 0 Å². The van der Waals surface area contributed by atoms with E-state index in [1.54, 1.807) is 25.7 Å². The molecule has 3 rings (SSSR count). The van der Waals surface area contributed by atoms with Gasteiger partial charge < -0.3 is 25.6 Å². The average molecular weight is 599 g/mol. The van der Waals surface area contributed by atoms with E-state index in [-0.39, 0.29) is 47.6 Å². The summed E-state index contributed by atoms with van der Waals surface area (Å²) < 4.78 is 5.23. The van der Waals surface area contributed by atoms with Crippen LogP contribution in [-0.4, -0.2) is 65.3 Å². The zero-order valence-corrected chi connectivity index (χ0v) is 26.9. The number of alkyl carbamates (subject to hydrolysis) is 1. The van der Waals surface area contributed by atoms with Gasteiger partial charge in [-0.1, -0.05) is 71.4 Å². The number of rotatable bonds is 12. The molecule has 10 nitrogen and oxygen atoms in total. The summed E-state index contributed by atoms with van der Waals surface area (Å²) in [7, 11) is 0. The van der Waals surface area contributed by atoms with Crippen molar-refractivity contribution in [2.45, 2.75) is 111 Å². The Morgan fingerprint density at radius 2 is 1.63 bits per heavy atom. The SMILES string of the molecule is CCCC(NC(=O)[C@@H]1[C@H]2CCC(C)(C)[C@H]2CN1C(=O)[C@@H](NC(=O)OC(C)C)C(C)C)C(=O)C(=O)N[C@H](C)c1ccccc1. The van der Waals surface area contributed by atoms with Crippen molar-refractivity contribution in [3.05, 3.63) is 35.9 Å². The Morgan fingerprint density at radius 1 is 0.977 bits per heavy atom. The van der Waals surface area contributed by atoms with Crippen LogP contribution in [0.5, 0.6) is 0 Å². The molecule has 6 atom stereocenters. The Morgan fingerprint density at radius 3 is 2.21 bits per heavy atom. The van der Waals surface area contributed by atoms with Gasteiger partial charge in [0.25, 0.3) is 5.91 Å². The number of hydrogen-bond donors (Lipinski definition) is 3. The molecule has 10 heteroatoms. The van der Waals surface area contributed by atoms with Gasteiger partial charge in [0.15, 0.2) is 0 Å². The molecule has 0 spiro atoms. The maximum absolute atomic E-state index is 14.0. The van der Waals surface area contributed by atoms with Gasteiger partial charge in [0.2, 0.25) is 17.6 Å². The van der Waals surface area contributed by atoms with Crippen molar-refractivity contribution in [2.24, 2.45) is 23.2 Å². The molecule has 4 amide bonds. The summed E-state index contributed by atoms with van der Waals surface area (Å²) in [6, 6.07) is 6.22. The molecule has 1 saturated carbocycles. The van der Waals surface area contributed by atoms with E-state index in [2.05, 4.69) is 29.8 Å². The number of carbonyl (C=O) groups is 5. The molecule has 1 aliphatic carbocycles. The van der Waals surface area contributed by atoms with Crippen molar-refractivity contribution in [3.8, 4) is 0 Å². The minimum atomic E-state index is -1.02. The van der Waals surface area contributed by atoms with Crippen LogP contribution in [0.2, 0.25) is 0 Å². The number of nitrogens with zero attached hydrogens (tertiary/aromatic N) is 1. The Labute approximate surface area is 256 Å². The fourth-order valence-corrected chi connectivity index (χ4v) is 6.52. The second kappa shape index (κ2) is 14.4. The van der Waals surface area contributed by atoms with Gasteiger partial charge in [-0.25, -0.2) is 4.79 Å². The summed E-state index contributed by atoms with van der Waals surface area (Å²) in [5.74, 6) is -2.54. The predicted octanol–water partition coefficient (Wildman–Crippen LogP) is 4.14. The molecule has 1 aromatic carbocycles. The Hall–Kier alpha value is -3.43. The van der Waals surface area contributed by atoms with Crippen molar-refractivity contribution in [1.29, 1.82) is 0 Å². The fourth-order valence-electron chi connectivity index (χ4n) is 6.52. The van der Waals surface area contributed by atoms with Crippen LogP contribution in [0.3, 0.4) is 0 Å². The molecule has 1 unspecified atom stereocenters. The number of nitrogens with one attached hydrogen (secondary N) is 3. The molecular formula is C33H50N4O6. The minimum absolute atomic E-state index is 0.0815. The zero-order chi connectivity index (χ0) is 32.1. The molecule has 1 aromatic rings. The van der Waals surface area contributed by atoms with Gasteiger partial charge in [0.05, 0.1) is 18.2 Å². The number of fused-ring (bicyclic) bond motifs is 1. The molecule has 2 aliphatic rings. The van der Waals surface area contributed by atoms with Crippen molar-refractivity contribution < 1.29 is 28.7 Å². The summed E-state index contributed by atoms with van der Waals surface area (Å²) in [6.45, 7) is 15.5. The van der Waals surface area contributed by atoms with Gasteiger partial charge in [-0.15, -0.1) is 0 Å². The molecular weight excluding hydrogens is 548 g/mol. The number of ketones is 1. The Kier molecular flexibility index (Phi) is 11.4. The summed E-state index contributed by atoms with van der Waals surface area (Å²) in [5, 5.41) is 8.32. The topological polar surface area (TPSA) is 134 Å². The minimum Gasteiger partial charge on any atom is -0.447 e. The highest BCUT2D eigenvalue weighted by Crippen LogP contribution is 2.53. The average Bonchev–Trinajstić information content (AvgIpc) is 3.47. The molecule has 1 aliphatic heterocycles. The van der Waals surface area contributed by atoms with Crippen molar-refractivity contribution in [1.82, 2.24) is 20.9 Å². The second-order valence-corrected chi connectivity index (χ2v) is 13.4. The molecule has 238 valence electrons. The Bertz CT molecular complexity index is 1170. The molecule has 2 fully saturated rings. The van der Waals surface area contributed by atoms with E-state index in [9.17, 15) is 24.0 Å². The first-order valence-corrected chi connectivity index (χ1v) is 15.7. The lowest BCUT2D eigenvalue weighted by Gasteiger charge is -2.33. The number of ether oxygens (including phenoxy) is 1. The third kappa shape index (κ3) is 8.15. The fraction of sp³-hybridized carbons (Fsp3) is 0.667. The number of amides is 4. The quantitative estimate of drug-likeness (QED) is 0.310. The van der Waals surface area contributed by atoms with Crippen LogP contribution < -0.4 is 16.0 Å². The predicted molar refractivity (Wildman–Crippen MR) is 164 cm³/mol. The number of hydrogen-bond acceptors (Lipinski definition) is 6. The summed E-state index contributed by atoms with van der Waals surface area (Å²) in [6.07, 6.45) is 1.49. The molecule has 0 aromatic heterocycles. The first kappa shape index (κ1) is 34.1. The van der Waals surface area contributed by atoms with Crippen LogP contribution in [0.4, 0.5) is 4.79 Å². The van der Waals surface area contributed by atoms with Gasteiger partial charge in [0, 0.05) is 6.54 Å². The molecule has 0 bridgehead atoms. The van der Waals surface area contributed by atoms with E-state index in [0.717, 1.165) is 18.4 Å². The van der Waals surface area contributed by atoms with Gasteiger partial charge in [-0.05, 0) is 68.8 Å². The van der Waals surface area contributed by atoms with E-state index >= 15 is 0 Å². The van der Waals surface area contributed by atoms with Crippen LogP contribution in [-0.2, 0) is 23.9 Å². The van der Waals surface area contributed by atoms with E-state index in [1.165, 1.54) is 0 Å². The van der Waals surface area contributed by atoms with Crippen molar-refractivity contribution in [3.63, 3.8) is 0 Å². The Balaban J connectivity index is 1.83. The zero-order valence-electron chi connectivity index (χ0n) is 26.9. The highest BCUT2D eigenvalue weighted by Gasteiger charge is 2.56. The molecule has 1 saturated heterocycles. The smallest absolute Gasteiger partial charge is 0.408 e. The van der Waals surface area contributed by atoms with E-state index in [4.69, 9.17) is 4.74 Å². The molecule has 0 radical (unpaired) electrons. The second-order valence-electron chi connectivity index (χ2n) is 13.4. The maximum atomic E-state index is 14.0. The molecule has 1 heterocycles. The largest absolute Gasteiger partial charge is 0.447 e. The lowest BCUT2D eigenvalue weighted by molar-refractivity contribution is -0.144. The summed E-state index contributed by atoms with van der Waals surface area (Å²) in [4.78, 5) is 68.4. The molecule has 43 heavy (non-hydrogen) atoms. The van der Waals surface area contributed by atoms with Crippen molar-refractivity contribution >= 4 is 29.6 Å². The van der Waals surface area contributed by atoms with E-state index in [0.29, 0.717) is 13.0 Å². The van der Waals surface area contributed by atoms with E-state index in [1.807, 2.05) is 51.1 Å². The standard InChI is InChI=1S/C33H50N4O6/c1-9-13-25(28(38)30(40)34-21(6)22-14-11-10-12-15-22)35-29(39)27-23-16-17-33(7,8)24(23)18-37(27)31(41)26(19(2)3)36-32(42)43-20(4)5/h10-12,14-15,19-21,23-27H,9,13,16-18H2,1-8H3,(H,34,40)(H,35,39)(H,36,42)/t21-,23+,24+,25?,26+,27+/m1/s1. The lowest BCUT2D eigenvalue weighted by Crippen LogP contribution is -2.58. The third-order valence-electron chi connectivity index (χ3n) is 8.96. The van der Waals surface area contributed by atoms with Crippen LogP contribution in [0, 0.1) is 23.2 Å². The van der Waals surface area contributed by atoms with Crippen molar-refractivity contribution in [2.75, 3.05) is 6.54 Å². The summed E-state index contributed by atoms with van der Waals surface area (Å²) >= 11 is 0. The molecule has 3 N–H and O–H groups in total. The van der Waals surface area contributed by atoms with Crippen LogP contribution >= 0.6 is 0 Å². The number of benzene rings is 1. The van der Waals surface area contributed by atoms with E-state index < -0.39 is 41.8 Å². The number of carbonyl (C=O) groups excluding carboxylic acids is 5. The van der Waals surface area contributed by atoms with Crippen LogP contribution in [0.15, 0.2) is 30.3 Å². The van der Waals surface area contributed by atoms with Crippen LogP contribution in [0.25, 0.3) is 0 Å². The first-order chi connectivity index (χ1) is 20.2. The monoisotopic (exact) mass is 598 g/mol. The third-order valence-corrected chi connectivity index (χ3v) is 8.96. The normalized spacial score (nSPS) is 22.8. The number of likely N-dealkylation sites (tertiary alicyclic amines) is 1. The lowest BCUT2D eigenvalue weighted by atomic mass is 9.79.